The number of anilines is 1. The van der Waals surface area contributed by atoms with Gasteiger partial charge in [0, 0.05) is 0 Å². The maximum Gasteiger partial charge on any atom is 0.271 e. The molecule has 0 atom stereocenters. The second-order valence-electron chi connectivity index (χ2n) is 9.35. The third-order valence-electron chi connectivity index (χ3n) is 6.21. The number of thioether (sulfide) groups is 1. The van der Waals surface area contributed by atoms with E-state index in [1.54, 1.807) is 11.0 Å². The second kappa shape index (κ2) is 12.5. The normalized spacial score (nSPS) is 15.2. The summed E-state index contributed by atoms with van der Waals surface area (Å²) < 4.78 is 11.9. The molecule has 1 fully saturated rings. The van der Waals surface area contributed by atoms with Gasteiger partial charge >= 0.3 is 0 Å². The van der Waals surface area contributed by atoms with Crippen LogP contribution in [-0.2, 0) is 11.4 Å². The van der Waals surface area contributed by atoms with Crippen LogP contribution in [0.2, 0.25) is 5.02 Å². The van der Waals surface area contributed by atoms with Gasteiger partial charge in [-0.3, -0.25) is 9.69 Å². The van der Waals surface area contributed by atoms with Crippen LogP contribution in [-0.4, -0.2) is 17.7 Å². The van der Waals surface area contributed by atoms with Gasteiger partial charge in [-0.2, -0.15) is 0 Å². The first-order chi connectivity index (χ1) is 19.4. The molecule has 1 aliphatic rings. The maximum atomic E-state index is 13.7. The van der Waals surface area contributed by atoms with E-state index in [4.69, 9.17) is 26.1 Å². The molecule has 1 aliphatic heterocycles. The molecule has 0 radical (unpaired) electrons. The Bertz CT molecular complexity index is 1570. The van der Waals surface area contributed by atoms with Crippen LogP contribution in [0.5, 0.6) is 11.5 Å². The Balaban J connectivity index is 1.49. The van der Waals surface area contributed by atoms with Crippen LogP contribution in [0.3, 0.4) is 0 Å². The highest BCUT2D eigenvalue weighted by Crippen LogP contribution is 2.41. The minimum absolute atomic E-state index is 0.154. The van der Waals surface area contributed by atoms with Gasteiger partial charge in [-0.15, -0.1) is 0 Å². The third kappa shape index (κ3) is 6.41. The zero-order valence-corrected chi connectivity index (χ0v) is 24.1. The highest BCUT2D eigenvalue weighted by molar-refractivity contribution is 8.19. The van der Waals surface area contributed by atoms with Crippen molar-refractivity contribution in [3.05, 3.63) is 123 Å². The SMILES string of the molecule is CCOc1cc(/C=C2\SC(=Nc3ccc(C)cc3)N(c3ccc(C)cc3)C2=O)cc(Cl)c1OCc1ccccc1. The van der Waals surface area contributed by atoms with Crippen LogP contribution in [0, 0.1) is 13.8 Å². The van der Waals surface area contributed by atoms with Gasteiger partial charge in [-0.1, -0.05) is 77.3 Å². The van der Waals surface area contributed by atoms with E-state index in [1.165, 1.54) is 11.8 Å². The van der Waals surface area contributed by atoms with Crippen LogP contribution < -0.4 is 14.4 Å². The fourth-order valence-electron chi connectivity index (χ4n) is 4.16. The summed E-state index contributed by atoms with van der Waals surface area (Å²) in [5.41, 5.74) is 5.56. The highest BCUT2D eigenvalue weighted by atomic mass is 35.5. The number of benzene rings is 4. The van der Waals surface area contributed by atoms with E-state index in [1.807, 2.05) is 112 Å². The van der Waals surface area contributed by atoms with Gasteiger partial charge < -0.3 is 9.47 Å². The lowest BCUT2D eigenvalue weighted by Gasteiger charge is -2.16. The molecule has 202 valence electrons. The first-order valence-electron chi connectivity index (χ1n) is 13.0. The predicted molar refractivity (Wildman–Crippen MR) is 166 cm³/mol. The molecule has 0 saturated carbocycles. The molecule has 0 spiro atoms. The van der Waals surface area contributed by atoms with Gasteiger partial charge in [0.05, 0.1) is 27.9 Å². The van der Waals surface area contributed by atoms with E-state index in [2.05, 4.69) is 0 Å². The molecule has 7 heteroatoms. The first kappa shape index (κ1) is 27.6. The molecule has 0 bridgehead atoms. The number of carbonyl (C=O) groups is 1. The largest absolute Gasteiger partial charge is 0.490 e. The van der Waals surface area contributed by atoms with E-state index < -0.39 is 0 Å². The molecule has 4 aromatic rings. The van der Waals surface area contributed by atoms with Gasteiger partial charge in [-0.25, -0.2) is 4.99 Å². The number of aryl methyl sites for hydroxylation is 2. The van der Waals surface area contributed by atoms with Crippen LogP contribution in [0.4, 0.5) is 11.4 Å². The number of amides is 1. The Morgan fingerprint density at radius 1 is 0.900 bits per heavy atom. The van der Waals surface area contributed by atoms with Crippen molar-refractivity contribution >= 4 is 51.9 Å². The molecule has 0 unspecified atom stereocenters. The van der Waals surface area contributed by atoms with E-state index in [-0.39, 0.29) is 5.91 Å². The number of aliphatic imine (C=N–C) groups is 1. The molecule has 0 aromatic heterocycles. The van der Waals surface area contributed by atoms with Crippen molar-refractivity contribution in [2.45, 2.75) is 27.4 Å². The summed E-state index contributed by atoms with van der Waals surface area (Å²) in [5, 5.41) is 0.996. The molecule has 5 rings (SSSR count). The maximum absolute atomic E-state index is 13.7. The lowest BCUT2D eigenvalue weighted by molar-refractivity contribution is -0.113. The summed E-state index contributed by atoms with van der Waals surface area (Å²) in [5.74, 6) is 0.846. The van der Waals surface area contributed by atoms with Crippen LogP contribution in [0.15, 0.2) is 101 Å². The van der Waals surface area contributed by atoms with E-state index in [9.17, 15) is 4.79 Å². The van der Waals surface area contributed by atoms with Crippen molar-refractivity contribution in [1.82, 2.24) is 0 Å². The summed E-state index contributed by atoms with van der Waals surface area (Å²) >= 11 is 8.02. The number of carbonyl (C=O) groups excluding carboxylic acids is 1. The standard InChI is InChI=1S/C33H29ClN2O3S/c1-4-38-29-19-25(18-28(34)31(29)39-21-24-8-6-5-7-9-24)20-30-32(37)36(27-16-12-23(3)13-17-27)33(40-30)35-26-14-10-22(2)11-15-26/h5-20H,4,21H2,1-3H3/b30-20-,35-33?. The molecule has 4 aromatic carbocycles. The van der Waals surface area contributed by atoms with E-state index in [0.29, 0.717) is 39.8 Å². The molecule has 5 nitrogen and oxygen atoms in total. The Morgan fingerprint density at radius 3 is 2.25 bits per heavy atom. The number of hydrogen-bond acceptors (Lipinski definition) is 5. The van der Waals surface area contributed by atoms with Gasteiger partial charge in [0.15, 0.2) is 16.7 Å². The Labute approximate surface area is 244 Å². The van der Waals surface area contributed by atoms with Crippen molar-refractivity contribution in [2.24, 2.45) is 4.99 Å². The number of nitrogens with zero attached hydrogens (tertiary/aromatic N) is 2. The molecule has 1 amide bonds. The summed E-state index contributed by atoms with van der Waals surface area (Å²) in [6.07, 6.45) is 1.82. The van der Waals surface area contributed by atoms with Gasteiger partial charge in [0.2, 0.25) is 0 Å². The quantitative estimate of drug-likeness (QED) is 0.199. The van der Waals surface area contributed by atoms with Crippen LogP contribution in [0.25, 0.3) is 6.08 Å². The van der Waals surface area contributed by atoms with E-state index in [0.717, 1.165) is 33.6 Å². The van der Waals surface area contributed by atoms with E-state index >= 15 is 0 Å². The topological polar surface area (TPSA) is 51.1 Å². The first-order valence-corrected chi connectivity index (χ1v) is 14.2. The molecular weight excluding hydrogens is 540 g/mol. The summed E-state index contributed by atoms with van der Waals surface area (Å²) in [6.45, 7) is 6.76. The number of halogens is 1. The monoisotopic (exact) mass is 568 g/mol. The summed E-state index contributed by atoms with van der Waals surface area (Å²) in [7, 11) is 0. The Kier molecular flexibility index (Phi) is 8.58. The zero-order valence-electron chi connectivity index (χ0n) is 22.6. The highest BCUT2D eigenvalue weighted by Gasteiger charge is 2.35. The van der Waals surface area contributed by atoms with Crippen molar-refractivity contribution in [3.8, 4) is 11.5 Å². The molecule has 0 aliphatic carbocycles. The molecular formula is C33H29ClN2O3S. The average Bonchev–Trinajstić information content (AvgIpc) is 3.24. The molecule has 1 heterocycles. The van der Waals surface area contributed by atoms with Gasteiger partial charge in [-0.05, 0) is 86.1 Å². The Morgan fingerprint density at radius 2 is 1.57 bits per heavy atom. The average molecular weight is 569 g/mol. The molecule has 1 saturated heterocycles. The van der Waals surface area contributed by atoms with Crippen LogP contribution >= 0.6 is 23.4 Å². The number of hydrogen-bond donors (Lipinski definition) is 0. The summed E-state index contributed by atoms with van der Waals surface area (Å²) in [6, 6.07) is 29.3. The molecule has 40 heavy (non-hydrogen) atoms. The zero-order chi connectivity index (χ0) is 28.1. The second-order valence-corrected chi connectivity index (χ2v) is 10.8. The molecule has 0 N–H and O–H groups in total. The minimum Gasteiger partial charge on any atom is -0.490 e. The van der Waals surface area contributed by atoms with Crippen molar-refractivity contribution < 1.29 is 14.3 Å². The van der Waals surface area contributed by atoms with Crippen molar-refractivity contribution in [2.75, 3.05) is 11.5 Å². The number of ether oxygens (including phenoxy) is 2. The number of rotatable bonds is 8. The van der Waals surface area contributed by atoms with Gasteiger partial charge in [0.25, 0.3) is 5.91 Å². The Hall–Kier alpha value is -4.00. The van der Waals surface area contributed by atoms with Crippen LogP contribution in [0.1, 0.15) is 29.2 Å². The minimum atomic E-state index is -0.154. The van der Waals surface area contributed by atoms with Gasteiger partial charge in [0.1, 0.15) is 6.61 Å². The number of amidine groups is 1. The third-order valence-corrected chi connectivity index (χ3v) is 7.46. The van der Waals surface area contributed by atoms with Crippen molar-refractivity contribution in [1.29, 1.82) is 0 Å². The predicted octanol–water partition coefficient (Wildman–Crippen LogP) is 8.74. The summed E-state index contributed by atoms with van der Waals surface area (Å²) in [4.78, 5) is 20.7. The smallest absolute Gasteiger partial charge is 0.271 e. The fraction of sp³-hybridized carbons (Fsp3) is 0.152. The fourth-order valence-corrected chi connectivity index (χ4v) is 5.43. The lowest BCUT2D eigenvalue weighted by atomic mass is 10.1. The van der Waals surface area contributed by atoms with Crippen molar-refractivity contribution in [3.63, 3.8) is 0 Å². The lowest BCUT2D eigenvalue weighted by Crippen LogP contribution is -2.28.